The van der Waals surface area contributed by atoms with Crippen LogP contribution in [0.25, 0.3) is 0 Å². The summed E-state index contributed by atoms with van der Waals surface area (Å²) < 4.78 is 25.4. The Hall–Kier alpha value is -0.170. The second-order valence-electron chi connectivity index (χ2n) is 5.42. The van der Waals surface area contributed by atoms with Gasteiger partial charge in [-0.1, -0.05) is 6.92 Å². The van der Waals surface area contributed by atoms with Crippen molar-refractivity contribution in [1.82, 2.24) is 9.21 Å². The monoisotopic (exact) mass is 276 g/mol. The number of piperazine rings is 1. The van der Waals surface area contributed by atoms with E-state index in [1.807, 2.05) is 6.92 Å². The molecular weight excluding hydrogens is 252 g/mol. The predicted molar refractivity (Wildman–Crippen MR) is 70.8 cm³/mol. The third-order valence-corrected chi connectivity index (χ3v) is 5.87. The zero-order valence-electron chi connectivity index (χ0n) is 11.1. The van der Waals surface area contributed by atoms with Crippen molar-refractivity contribution in [3.05, 3.63) is 0 Å². The molecule has 0 spiro atoms. The number of sulfonamides is 1. The summed E-state index contributed by atoms with van der Waals surface area (Å²) in [5.74, 6) is 0.740. The highest BCUT2D eigenvalue weighted by atomic mass is 32.2. The average molecular weight is 276 g/mol. The molecule has 2 aliphatic rings. The van der Waals surface area contributed by atoms with Crippen LogP contribution in [0, 0.1) is 5.92 Å². The normalized spacial score (nSPS) is 25.2. The first kappa shape index (κ1) is 14.2. The van der Waals surface area contributed by atoms with Crippen molar-refractivity contribution in [2.24, 2.45) is 5.92 Å². The maximum absolute atomic E-state index is 11.9. The Balaban J connectivity index is 1.77. The maximum atomic E-state index is 11.9. The van der Waals surface area contributed by atoms with Gasteiger partial charge in [-0.05, 0) is 25.2 Å². The molecule has 1 atom stereocenters. The van der Waals surface area contributed by atoms with Gasteiger partial charge in [-0.3, -0.25) is 4.90 Å². The number of aliphatic hydroxyl groups is 1. The lowest BCUT2D eigenvalue weighted by molar-refractivity contribution is 0.0782. The molecule has 0 aromatic rings. The highest BCUT2D eigenvalue weighted by molar-refractivity contribution is 7.89. The zero-order valence-corrected chi connectivity index (χ0v) is 11.9. The van der Waals surface area contributed by atoms with Crippen LogP contribution in [0.1, 0.15) is 26.2 Å². The number of rotatable bonds is 6. The number of hydrogen-bond acceptors (Lipinski definition) is 4. The molecule has 1 saturated carbocycles. The molecule has 5 nitrogen and oxygen atoms in total. The second-order valence-corrected chi connectivity index (χ2v) is 7.51. The molecule has 1 N–H and O–H groups in total. The first-order valence-corrected chi connectivity index (χ1v) is 8.52. The van der Waals surface area contributed by atoms with E-state index in [-0.39, 0.29) is 11.9 Å². The molecule has 0 radical (unpaired) electrons. The van der Waals surface area contributed by atoms with Crippen molar-refractivity contribution in [3.63, 3.8) is 0 Å². The summed E-state index contributed by atoms with van der Waals surface area (Å²) in [6.45, 7) is 5.21. The first-order chi connectivity index (χ1) is 8.53. The van der Waals surface area contributed by atoms with Crippen molar-refractivity contribution in [3.8, 4) is 0 Å². The van der Waals surface area contributed by atoms with Gasteiger partial charge in [0.1, 0.15) is 0 Å². The predicted octanol–water partition coefficient (Wildman–Crippen LogP) is 0.115. The van der Waals surface area contributed by atoms with Gasteiger partial charge in [0.25, 0.3) is 0 Å². The van der Waals surface area contributed by atoms with E-state index >= 15 is 0 Å². The van der Waals surface area contributed by atoms with E-state index in [1.54, 1.807) is 4.31 Å². The average Bonchev–Trinajstić information content (AvgIpc) is 3.13. The number of aliphatic hydroxyl groups excluding tert-OH is 1. The van der Waals surface area contributed by atoms with Crippen LogP contribution in [0.3, 0.4) is 0 Å². The van der Waals surface area contributed by atoms with E-state index in [0.717, 1.165) is 25.9 Å². The lowest BCUT2D eigenvalue weighted by Crippen LogP contribution is -2.51. The summed E-state index contributed by atoms with van der Waals surface area (Å²) in [6, 6.07) is 0. The molecule has 6 heteroatoms. The van der Waals surface area contributed by atoms with Gasteiger partial charge in [0.2, 0.25) is 10.0 Å². The van der Waals surface area contributed by atoms with Crippen molar-refractivity contribution in [1.29, 1.82) is 0 Å². The zero-order chi connectivity index (χ0) is 13.2. The minimum Gasteiger partial charge on any atom is -0.392 e. The molecule has 2 fully saturated rings. The van der Waals surface area contributed by atoms with Gasteiger partial charge in [0, 0.05) is 32.7 Å². The third kappa shape index (κ3) is 3.66. The lowest BCUT2D eigenvalue weighted by Gasteiger charge is -2.34. The van der Waals surface area contributed by atoms with E-state index in [4.69, 9.17) is 0 Å². The molecular formula is C12H24N2O3S. The van der Waals surface area contributed by atoms with E-state index in [0.29, 0.717) is 32.0 Å². The molecule has 18 heavy (non-hydrogen) atoms. The highest BCUT2D eigenvalue weighted by Gasteiger charge is 2.32. The highest BCUT2D eigenvalue weighted by Crippen LogP contribution is 2.32. The van der Waals surface area contributed by atoms with Crippen LogP contribution in [-0.2, 0) is 10.0 Å². The van der Waals surface area contributed by atoms with Crippen LogP contribution in [0.2, 0.25) is 0 Å². The van der Waals surface area contributed by atoms with E-state index in [1.165, 1.54) is 0 Å². The second kappa shape index (κ2) is 5.86. The summed E-state index contributed by atoms with van der Waals surface area (Å²) in [6.07, 6.45) is 2.74. The molecule has 1 unspecified atom stereocenters. The quantitative estimate of drug-likeness (QED) is 0.748. The Labute approximate surface area is 110 Å². The van der Waals surface area contributed by atoms with E-state index in [2.05, 4.69) is 4.90 Å². The Kier molecular flexibility index (Phi) is 4.64. The topological polar surface area (TPSA) is 60.9 Å². The Morgan fingerprint density at radius 2 is 1.83 bits per heavy atom. The van der Waals surface area contributed by atoms with Crippen molar-refractivity contribution >= 4 is 10.0 Å². The van der Waals surface area contributed by atoms with Crippen LogP contribution in [0.5, 0.6) is 0 Å². The van der Waals surface area contributed by atoms with Crippen LogP contribution in [-0.4, -0.2) is 67.3 Å². The van der Waals surface area contributed by atoms with Gasteiger partial charge in [-0.25, -0.2) is 8.42 Å². The van der Waals surface area contributed by atoms with Gasteiger partial charge in [0.05, 0.1) is 11.9 Å². The van der Waals surface area contributed by atoms with Crippen molar-refractivity contribution < 1.29 is 13.5 Å². The van der Waals surface area contributed by atoms with Crippen LogP contribution in [0.4, 0.5) is 0 Å². The van der Waals surface area contributed by atoms with Crippen LogP contribution in [0.15, 0.2) is 0 Å². The molecule has 106 valence electrons. The molecule has 0 bridgehead atoms. The van der Waals surface area contributed by atoms with E-state index in [9.17, 15) is 13.5 Å². The van der Waals surface area contributed by atoms with Gasteiger partial charge >= 0.3 is 0 Å². The van der Waals surface area contributed by atoms with Crippen molar-refractivity contribution in [2.45, 2.75) is 32.3 Å². The molecule has 1 aliphatic heterocycles. The fourth-order valence-corrected chi connectivity index (χ4v) is 3.97. The largest absolute Gasteiger partial charge is 0.392 e. The molecule has 2 rings (SSSR count). The summed E-state index contributed by atoms with van der Waals surface area (Å²) in [5, 5.41) is 9.88. The number of β-amino-alcohol motifs (C(OH)–C–C–N with tert-alkyl or cyclic N) is 1. The summed E-state index contributed by atoms with van der Waals surface area (Å²) >= 11 is 0. The van der Waals surface area contributed by atoms with E-state index < -0.39 is 10.0 Å². The summed E-state index contributed by atoms with van der Waals surface area (Å²) in [7, 11) is -3.05. The standard InChI is InChI=1S/C12H24N2O3S/c1-2-9-18(16,17)14-7-5-13(6-8-14)10-12(15)11-3-4-11/h11-12,15H,2-10H2,1H3. The third-order valence-electron chi connectivity index (χ3n) is 3.80. The summed E-state index contributed by atoms with van der Waals surface area (Å²) in [4.78, 5) is 2.18. The summed E-state index contributed by atoms with van der Waals surface area (Å²) in [5.41, 5.74) is 0. The SMILES string of the molecule is CCCS(=O)(=O)N1CCN(CC(O)C2CC2)CC1. The maximum Gasteiger partial charge on any atom is 0.214 e. The smallest absolute Gasteiger partial charge is 0.214 e. The minimum absolute atomic E-state index is 0.219. The Morgan fingerprint density at radius 3 is 2.33 bits per heavy atom. The van der Waals surface area contributed by atoms with Crippen LogP contribution >= 0.6 is 0 Å². The first-order valence-electron chi connectivity index (χ1n) is 6.91. The molecule has 0 amide bonds. The van der Waals surface area contributed by atoms with Crippen LogP contribution < -0.4 is 0 Å². The molecule has 0 aromatic heterocycles. The van der Waals surface area contributed by atoms with Gasteiger partial charge < -0.3 is 5.11 Å². The van der Waals surface area contributed by atoms with Gasteiger partial charge in [-0.15, -0.1) is 0 Å². The molecule has 1 saturated heterocycles. The Morgan fingerprint density at radius 1 is 1.22 bits per heavy atom. The van der Waals surface area contributed by atoms with Gasteiger partial charge in [-0.2, -0.15) is 4.31 Å². The minimum atomic E-state index is -3.05. The Bertz CT molecular complexity index is 360. The van der Waals surface area contributed by atoms with Gasteiger partial charge in [0.15, 0.2) is 0 Å². The molecule has 1 heterocycles. The molecule has 0 aromatic carbocycles. The number of nitrogens with zero attached hydrogens (tertiary/aromatic N) is 2. The number of hydrogen-bond donors (Lipinski definition) is 1. The van der Waals surface area contributed by atoms with Crippen molar-refractivity contribution in [2.75, 3.05) is 38.5 Å². The fraction of sp³-hybridized carbons (Fsp3) is 1.00. The molecule has 1 aliphatic carbocycles. The fourth-order valence-electron chi connectivity index (χ4n) is 2.47. The lowest BCUT2D eigenvalue weighted by atomic mass is 10.2.